The van der Waals surface area contributed by atoms with Crippen LogP contribution < -0.4 is 15.0 Å². The van der Waals surface area contributed by atoms with Crippen molar-refractivity contribution in [1.29, 1.82) is 0 Å². The molecule has 0 bridgehead atoms. The van der Waals surface area contributed by atoms with Crippen molar-refractivity contribution in [2.75, 3.05) is 23.9 Å². The highest BCUT2D eigenvalue weighted by Gasteiger charge is 2.35. The maximum atomic E-state index is 13.3. The number of non-ortho nitro benzene ring substituents is 1. The smallest absolute Gasteiger partial charge is 0.343 e. The highest BCUT2D eigenvalue weighted by molar-refractivity contribution is 6.36. The van der Waals surface area contributed by atoms with Crippen molar-refractivity contribution in [3.63, 3.8) is 0 Å². The molecule has 1 heterocycles. The summed E-state index contributed by atoms with van der Waals surface area (Å²) >= 11 is 0. The maximum Gasteiger partial charge on any atom is 0.343 e. The molecule has 1 aliphatic heterocycles. The molecule has 0 aromatic heterocycles. The van der Waals surface area contributed by atoms with Crippen LogP contribution in [0, 0.1) is 10.1 Å². The maximum absolute atomic E-state index is 13.3. The van der Waals surface area contributed by atoms with Gasteiger partial charge in [-0.1, -0.05) is 6.07 Å². The molecule has 3 amide bonds. The van der Waals surface area contributed by atoms with Crippen LogP contribution in [0.15, 0.2) is 78.9 Å². The number of imide groups is 1. The number of nitro groups is 1. The van der Waals surface area contributed by atoms with Gasteiger partial charge in [-0.2, -0.15) is 0 Å². The van der Waals surface area contributed by atoms with Crippen molar-refractivity contribution in [3.8, 4) is 5.75 Å². The lowest BCUT2D eigenvalue weighted by molar-refractivity contribution is -0.383. The van der Waals surface area contributed by atoms with E-state index >= 15 is 0 Å². The summed E-state index contributed by atoms with van der Waals surface area (Å²) in [5, 5.41) is 14.6. The van der Waals surface area contributed by atoms with E-state index in [-0.39, 0.29) is 45.4 Å². The monoisotopic (exact) mass is 525 g/mol. The Balaban J connectivity index is 1.34. The lowest BCUT2D eigenvalue weighted by atomic mass is 9.92. The van der Waals surface area contributed by atoms with E-state index in [2.05, 4.69) is 10.1 Å². The second kappa shape index (κ2) is 10.1. The van der Waals surface area contributed by atoms with Gasteiger partial charge in [0.15, 0.2) is 6.61 Å². The fourth-order valence-electron chi connectivity index (χ4n) is 4.28. The van der Waals surface area contributed by atoms with Gasteiger partial charge >= 0.3 is 5.97 Å². The van der Waals surface area contributed by atoms with Gasteiger partial charge in [0.1, 0.15) is 5.75 Å². The third-order valence-electron chi connectivity index (χ3n) is 6.17. The van der Waals surface area contributed by atoms with Crippen LogP contribution in [-0.2, 0) is 9.53 Å². The van der Waals surface area contributed by atoms with E-state index in [9.17, 15) is 29.3 Å². The first-order valence-electron chi connectivity index (χ1n) is 11.6. The van der Waals surface area contributed by atoms with E-state index in [1.807, 2.05) is 0 Å². The molecule has 0 saturated heterocycles. The number of nitro benzene ring substituents is 1. The highest BCUT2D eigenvalue weighted by atomic mass is 16.6. The number of carbonyl (C=O) groups is 4. The fourth-order valence-corrected chi connectivity index (χ4v) is 4.28. The summed E-state index contributed by atoms with van der Waals surface area (Å²) < 4.78 is 9.78. The standard InChI is InChI=1S/C28H19N3O8/c1-38-24(32)15-39-19-11-7-17(8-12-19)29-26(33)16-5-9-18(10-6-16)30-27(34)21-4-2-3-20-23(31(36)37)14-13-22(25(20)21)28(30)35/h2-14H,15H2,1H3,(H,29,33). The van der Waals surface area contributed by atoms with Crippen LogP contribution in [0.3, 0.4) is 0 Å². The molecule has 11 nitrogen and oxygen atoms in total. The number of esters is 1. The molecule has 0 atom stereocenters. The second-order valence-electron chi connectivity index (χ2n) is 8.45. The Labute approximate surface area is 220 Å². The SMILES string of the molecule is COC(=O)COc1ccc(NC(=O)c2ccc(N3C(=O)c4cccc5c([N+](=O)[O-])ccc(c45)C3=O)cc2)cc1. The van der Waals surface area contributed by atoms with Crippen LogP contribution in [0.1, 0.15) is 31.1 Å². The average Bonchev–Trinajstić information content (AvgIpc) is 2.95. The first-order valence-corrected chi connectivity index (χ1v) is 11.6. The Bertz CT molecular complexity index is 1640. The molecule has 194 valence electrons. The summed E-state index contributed by atoms with van der Waals surface area (Å²) in [5.74, 6) is -1.77. The van der Waals surface area contributed by atoms with E-state index < -0.39 is 28.6 Å². The van der Waals surface area contributed by atoms with Crippen LogP contribution in [0.25, 0.3) is 10.8 Å². The number of amides is 3. The summed E-state index contributed by atoms with van der Waals surface area (Å²) in [6, 6.07) is 19.4. The van der Waals surface area contributed by atoms with Gasteiger partial charge in [-0.3, -0.25) is 24.5 Å². The first-order chi connectivity index (χ1) is 18.8. The van der Waals surface area contributed by atoms with Crippen LogP contribution >= 0.6 is 0 Å². The molecule has 4 aromatic rings. The Morgan fingerprint density at radius 2 is 1.56 bits per heavy atom. The molecule has 0 radical (unpaired) electrons. The molecule has 0 aliphatic carbocycles. The van der Waals surface area contributed by atoms with Gasteiger partial charge in [0, 0.05) is 33.8 Å². The van der Waals surface area contributed by atoms with E-state index in [0.29, 0.717) is 11.4 Å². The summed E-state index contributed by atoms with van der Waals surface area (Å²) in [4.78, 5) is 62.4. The van der Waals surface area contributed by atoms with Crippen molar-refractivity contribution < 1.29 is 33.6 Å². The molecular weight excluding hydrogens is 506 g/mol. The van der Waals surface area contributed by atoms with Gasteiger partial charge in [0.05, 0.1) is 23.1 Å². The summed E-state index contributed by atoms with van der Waals surface area (Å²) in [6.45, 7) is -0.239. The lowest BCUT2D eigenvalue weighted by Gasteiger charge is -2.27. The van der Waals surface area contributed by atoms with E-state index in [0.717, 1.165) is 4.90 Å². The fraction of sp³-hybridized carbons (Fsp3) is 0.0714. The van der Waals surface area contributed by atoms with Gasteiger partial charge in [0.2, 0.25) is 0 Å². The van der Waals surface area contributed by atoms with Gasteiger partial charge in [-0.15, -0.1) is 0 Å². The molecular formula is C28H19N3O8. The number of hydrogen-bond acceptors (Lipinski definition) is 8. The van der Waals surface area contributed by atoms with Crippen LogP contribution in [0.4, 0.5) is 17.1 Å². The predicted octanol–water partition coefficient (Wildman–Crippen LogP) is 4.35. The molecule has 0 spiro atoms. The zero-order chi connectivity index (χ0) is 27.7. The number of carbonyl (C=O) groups excluding carboxylic acids is 4. The van der Waals surface area contributed by atoms with Gasteiger partial charge < -0.3 is 14.8 Å². The van der Waals surface area contributed by atoms with Gasteiger partial charge in [0.25, 0.3) is 23.4 Å². The van der Waals surface area contributed by atoms with E-state index in [1.54, 1.807) is 24.3 Å². The Morgan fingerprint density at radius 3 is 2.21 bits per heavy atom. The van der Waals surface area contributed by atoms with E-state index in [1.165, 1.54) is 61.7 Å². The van der Waals surface area contributed by atoms with Crippen molar-refractivity contribution in [2.45, 2.75) is 0 Å². The molecule has 11 heteroatoms. The minimum Gasteiger partial charge on any atom is -0.482 e. The van der Waals surface area contributed by atoms with Crippen molar-refractivity contribution in [3.05, 3.63) is 106 Å². The molecule has 5 rings (SSSR count). The number of nitrogens with zero attached hydrogens (tertiary/aromatic N) is 2. The summed E-state index contributed by atoms with van der Waals surface area (Å²) in [7, 11) is 1.26. The third-order valence-corrected chi connectivity index (χ3v) is 6.17. The number of rotatable bonds is 7. The highest BCUT2D eigenvalue weighted by Crippen LogP contribution is 2.37. The average molecular weight is 525 g/mol. The summed E-state index contributed by atoms with van der Waals surface area (Å²) in [5.41, 5.74) is 1.16. The predicted molar refractivity (Wildman–Crippen MR) is 140 cm³/mol. The zero-order valence-corrected chi connectivity index (χ0v) is 20.4. The molecule has 0 unspecified atom stereocenters. The minimum absolute atomic E-state index is 0.173. The number of hydrogen-bond donors (Lipinski definition) is 1. The van der Waals surface area contributed by atoms with Gasteiger partial charge in [-0.25, -0.2) is 9.69 Å². The van der Waals surface area contributed by atoms with Crippen molar-refractivity contribution in [2.24, 2.45) is 0 Å². The van der Waals surface area contributed by atoms with Gasteiger partial charge in [-0.05, 0) is 66.7 Å². The number of methoxy groups -OCH3 is 1. The quantitative estimate of drug-likeness (QED) is 0.162. The number of anilines is 2. The van der Waals surface area contributed by atoms with Crippen molar-refractivity contribution in [1.82, 2.24) is 0 Å². The number of ether oxygens (including phenoxy) is 2. The van der Waals surface area contributed by atoms with Crippen LogP contribution in [-0.4, -0.2) is 42.3 Å². The largest absolute Gasteiger partial charge is 0.482 e. The van der Waals surface area contributed by atoms with Crippen molar-refractivity contribution >= 4 is 51.5 Å². The lowest BCUT2D eigenvalue weighted by Crippen LogP contribution is -2.40. The molecule has 0 saturated carbocycles. The normalized spacial score (nSPS) is 12.3. The molecule has 1 N–H and O–H groups in total. The van der Waals surface area contributed by atoms with Crippen LogP contribution in [0.2, 0.25) is 0 Å². The second-order valence-corrected chi connectivity index (χ2v) is 8.45. The first kappa shape index (κ1) is 25.1. The Kier molecular flexibility index (Phi) is 6.47. The Morgan fingerprint density at radius 1 is 0.897 bits per heavy atom. The molecule has 0 fully saturated rings. The third kappa shape index (κ3) is 4.64. The van der Waals surface area contributed by atoms with Crippen LogP contribution in [0.5, 0.6) is 5.75 Å². The topological polar surface area (TPSA) is 145 Å². The zero-order valence-electron chi connectivity index (χ0n) is 20.4. The minimum atomic E-state index is -0.620. The molecule has 1 aliphatic rings. The molecule has 4 aromatic carbocycles. The molecule has 39 heavy (non-hydrogen) atoms. The van der Waals surface area contributed by atoms with E-state index in [4.69, 9.17) is 4.74 Å². The summed E-state index contributed by atoms with van der Waals surface area (Å²) in [6.07, 6.45) is 0. The Hall–Kier alpha value is -5.58. The number of nitrogens with one attached hydrogen (secondary N) is 1. The number of benzene rings is 4.